The number of hydrogen-bond acceptors (Lipinski definition) is 4. The first-order valence-corrected chi connectivity index (χ1v) is 8.91. The molecule has 0 atom stereocenters. The molecule has 0 saturated heterocycles. The number of nitrogens with zero attached hydrogens (tertiary/aromatic N) is 1. The van der Waals surface area contributed by atoms with Crippen LogP contribution in [0.4, 0.5) is 0 Å². The van der Waals surface area contributed by atoms with Crippen LogP contribution >= 0.6 is 0 Å². The fourth-order valence-corrected chi connectivity index (χ4v) is 3.49. The first-order chi connectivity index (χ1) is 10.1. The summed E-state index contributed by atoms with van der Waals surface area (Å²) < 4.78 is 31.7. The summed E-state index contributed by atoms with van der Waals surface area (Å²) >= 11 is 0. The Morgan fingerprint density at radius 3 is 2.52 bits per heavy atom. The van der Waals surface area contributed by atoms with E-state index in [0.717, 1.165) is 32.4 Å². The van der Waals surface area contributed by atoms with E-state index in [9.17, 15) is 8.42 Å². The van der Waals surface area contributed by atoms with E-state index in [1.807, 2.05) is 0 Å². The van der Waals surface area contributed by atoms with E-state index in [0.29, 0.717) is 17.3 Å². The van der Waals surface area contributed by atoms with Crippen LogP contribution in [0.15, 0.2) is 29.2 Å². The van der Waals surface area contributed by atoms with Gasteiger partial charge < -0.3 is 10.1 Å². The Balaban J connectivity index is 1.89. The summed E-state index contributed by atoms with van der Waals surface area (Å²) in [5.41, 5.74) is 0. The number of rotatable bonds is 9. The predicted octanol–water partition coefficient (Wildman–Crippen LogP) is 1.85. The first kappa shape index (κ1) is 16.3. The molecule has 0 heterocycles. The standard InChI is InChI=1S/C15H24N2O3S/c1-3-16-11-4-12-20-14-7-9-15(10-8-14)21(18,19)17(2)13-5-6-13/h7-10,13,16H,3-6,11-12H2,1-2H3. The lowest BCUT2D eigenvalue weighted by Gasteiger charge is -2.16. The summed E-state index contributed by atoms with van der Waals surface area (Å²) in [7, 11) is -1.71. The minimum atomic E-state index is -3.36. The van der Waals surface area contributed by atoms with Gasteiger partial charge in [-0.3, -0.25) is 0 Å². The maximum absolute atomic E-state index is 12.3. The Morgan fingerprint density at radius 2 is 1.95 bits per heavy atom. The highest BCUT2D eigenvalue weighted by Crippen LogP contribution is 2.30. The fourth-order valence-electron chi connectivity index (χ4n) is 2.07. The minimum Gasteiger partial charge on any atom is -0.494 e. The Bertz CT molecular complexity index is 539. The van der Waals surface area contributed by atoms with Crippen molar-refractivity contribution in [1.29, 1.82) is 0 Å². The molecule has 6 heteroatoms. The Kier molecular flexibility index (Phi) is 5.61. The second-order valence-electron chi connectivity index (χ2n) is 5.28. The van der Waals surface area contributed by atoms with Gasteiger partial charge in [-0.25, -0.2) is 8.42 Å². The van der Waals surface area contributed by atoms with Crippen LogP contribution in [-0.2, 0) is 10.0 Å². The summed E-state index contributed by atoms with van der Waals surface area (Å²) in [5.74, 6) is 0.708. The predicted molar refractivity (Wildman–Crippen MR) is 83.1 cm³/mol. The highest BCUT2D eigenvalue weighted by Gasteiger charge is 2.34. The molecule has 1 fully saturated rings. The summed E-state index contributed by atoms with van der Waals surface area (Å²) in [6, 6.07) is 6.86. The van der Waals surface area contributed by atoms with Crippen LogP contribution in [-0.4, -0.2) is 45.5 Å². The third-order valence-corrected chi connectivity index (χ3v) is 5.50. The molecule has 118 valence electrons. The van der Waals surface area contributed by atoms with E-state index in [4.69, 9.17) is 4.74 Å². The zero-order chi connectivity index (χ0) is 15.3. The number of sulfonamides is 1. The maximum atomic E-state index is 12.3. The van der Waals surface area contributed by atoms with Gasteiger partial charge in [0.05, 0.1) is 11.5 Å². The molecule has 2 rings (SSSR count). The second kappa shape index (κ2) is 7.24. The van der Waals surface area contributed by atoms with Crippen LogP contribution in [0, 0.1) is 0 Å². The molecule has 0 aliphatic heterocycles. The summed E-state index contributed by atoms with van der Waals surface area (Å²) in [5, 5.41) is 3.23. The molecule has 0 bridgehead atoms. The van der Waals surface area contributed by atoms with Gasteiger partial charge >= 0.3 is 0 Å². The quantitative estimate of drug-likeness (QED) is 0.707. The van der Waals surface area contributed by atoms with Crippen molar-refractivity contribution in [2.45, 2.75) is 37.1 Å². The van der Waals surface area contributed by atoms with Crippen molar-refractivity contribution < 1.29 is 13.2 Å². The molecule has 1 aromatic carbocycles. The van der Waals surface area contributed by atoms with E-state index < -0.39 is 10.0 Å². The number of ether oxygens (including phenoxy) is 1. The molecule has 1 saturated carbocycles. The van der Waals surface area contributed by atoms with Crippen molar-refractivity contribution in [3.63, 3.8) is 0 Å². The Hall–Kier alpha value is -1.11. The maximum Gasteiger partial charge on any atom is 0.243 e. The lowest BCUT2D eigenvalue weighted by atomic mass is 10.3. The molecule has 0 spiro atoms. The Morgan fingerprint density at radius 1 is 1.29 bits per heavy atom. The molecule has 1 aliphatic rings. The number of hydrogen-bond donors (Lipinski definition) is 1. The largest absolute Gasteiger partial charge is 0.494 e. The van der Waals surface area contributed by atoms with Gasteiger partial charge in [0.25, 0.3) is 0 Å². The van der Waals surface area contributed by atoms with E-state index in [2.05, 4.69) is 12.2 Å². The van der Waals surface area contributed by atoms with Crippen LogP contribution < -0.4 is 10.1 Å². The molecule has 21 heavy (non-hydrogen) atoms. The zero-order valence-electron chi connectivity index (χ0n) is 12.7. The van der Waals surface area contributed by atoms with Gasteiger partial charge in [-0.2, -0.15) is 4.31 Å². The van der Waals surface area contributed by atoms with Crippen molar-refractivity contribution in [1.82, 2.24) is 9.62 Å². The van der Waals surface area contributed by atoms with Gasteiger partial charge in [0.15, 0.2) is 0 Å². The number of nitrogens with one attached hydrogen (secondary N) is 1. The van der Waals surface area contributed by atoms with Crippen LogP contribution in [0.25, 0.3) is 0 Å². The van der Waals surface area contributed by atoms with Gasteiger partial charge in [-0.05, 0) is 56.6 Å². The van der Waals surface area contributed by atoms with E-state index in [1.54, 1.807) is 31.3 Å². The van der Waals surface area contributed by atoms with Gasteiger partial charge in [0.2, 0.25) is 10.0 Å². The normalized spacial score (nSPS) is 15.4. The van der Waals surface area contributed by atoms with Gasteiger partial charge in [0, 0.05) is 13.1 Å². The highest BCUT2D eigenvalue weighted by atomic mass is 32.2. The molecule has 1 aromatic rings. The minimum absolute atomic E-state index is 0.178. The third-order valence-electron chi connectivity index (χ3n) is 3.58. The lowest BCUT2D eigenvalue weighted by molar-refractivity contribution is 0.308. The molecule has 0 unspecified atom stereocenters. The molecular weight excluding hydrogens is 288 g/mol. The smallest absolute Gasteiger partial charge is 0.243 e. The van der Waals surface area contributed by atoms with Crippen molar-refractivity contribution in [2.75, 3.05) is 26.7 Å². The van der Waals surface area contributed by atoms with Gasteiger partial charge in [-0.1, -0.05) is 6.92 Å². The molecule has 0 radical (unpaired) electrons. The second-order valence-corrected chi connectivity index (χ2v) is 7.28. The number of benzene rings is 1. The third kappa shape index (κ3) is 4.43. The van der Waals surface area contributed by atoms with Crippen LogP contribution in [0.5, 0.6) is 5.75 Å². The molecular formula is C15H24N2O3S. The summed E-state index contributed by atoms with van der Waals surface area (Å²) in [4.78, 5) is 0.330. The average Bonchev–Trinajstić information content (AvgIpc) is 3.31. The fraction of sp³-hybridized carbons (Fsp3) is 0.600. The van der Waals surface area contributed by atoms with Crippen molar-refractivity contribution >= 4 is 10.0 Å². The molecule has 0 amide bonds. The van der Waals surface area contributed by atoms with Gasteiger partial charge in [-0.15, -0.1) is 0 Å². The Labute approximate surface area is 127 Å². The van der Waals surface area contributed by atoms with Crippen LogP contribution in [0.1, 0.15) is 26.2 Å². The molecule has 1 N–H and O–H groups in total. The first-order valence-electron chi connectivity index (χ1n) is 7.47. The van der Waals surface area contributed by atoms with E-state index in [-0.39, 0.29) is 6.04 Å². The molecule has 1 aliphatic carbocycles. The van der Waals surface area contributed by atoms with Crippen molar-refractivity contribution in [3.05, 3.63) is 24.3 Å². The topological polar surface area (TPSA) is 58.6 Å². The summed E-state index contributed by atoms with van der Waals surface area (Å²) in [6.07, 6.45) is 2.85. The van der Waals surface area contributed by atoms with Crippen LogP contribution in [0.3, 0.4) is 0 Å². The SMILES string of the molecule is CCNCCCOc1ccc(S(=O)(=O)N(C)C2CC2)cc1. The summed E-state index contributed by atoms with van der Waals surface area (Å²) in [6.45, 7) is 4.58. The van der Waals surface area contributed by atoms with Crippen molar-refractivity contribution in [2.24, 2.45) is 0 Å². The zero-order valence-corrected chi connectivity index (χ0v) is 13.5. The van der Waals surface area contributed by atoms with Crippen molar-refractivity contribution in [3.8, 4) is 5.75 Å². The van der Waals surface area contributed by atoms with Gasteiger partial charge in [0.1, 0.15) is 5.75 Å². The van der Waals surface area contributed by atoms with E-state index >= 15 is 0 Å². The lowest BCUT2D eigenvalue weighted by Crippen LogP contribution is -2.28. The van der Waals surface area contributed by atoms with E-state index in [1.165, 1.54) is 4.31 Å². The molecule has 0 aromatic heterocycles. The monoisotopic (exact) mass is 312 g/mol. The van der Waals surface area contributed by atoms with Crippen LogP contribution in [0.2, 0.25) is 0 Å². The average molecular weight is 312 g/mol. The highest BCUT2D eigenvalue weighted by molar-refractivity contribution is 7.89. The molecule has 5 nitrogen and oxygen atoms in total.